The van der Waals surface area contributed by atoms with Crippen LogP contribution in [0.2, 0.25) is 0 Å². The van der Waals surface area contributed by atoms with E-state index in [2.05, 4.69) is 19.0 Å². The van der Waals surface area contributed by atoms with Gasteiger partial charge in [-0.25, -0.2) is 0 Å². The molecule has 1 N–H and O–H groups in total. The molecule has 2 nitrogen and oxygen atoms in total. The molecule has 0 heterocycles. The minimum absolute atomic E-state index is 0.120. The molecule has 0 bridgehead atoms. The van der Waals surface area contributed by atoms with E-state index < -0.39 is 0 Å². The monoisotopic (exact) mass is 185 g/mol. The maximum atomic E-state index is 9.64. The fourth-order valence-electron chi connectivity index (χ4n) is 2.57. The Morgan fingerprint density at radius 1 is 1.31 bits per heavy atom. The van der Waals surface area contributed by atoms with E-state index in [1.165, 1.54) is 25.7 Å². The lowest BCUT2D eigenvalue weighted by Gasteiger charge is -2.35. The van der Waals surface area contributed by atoms with E-state index in [-0.39, 0.29) is 6.10 Å². The van der Waals surface area contributed by atoms with Crippen molar-refractivity contribution < 1.29 is 5.11 Å². The zero-order valence-electron chi connectivity index (χ0n) is 9.16. The van der Waals surface area contributed by atoms with Crippen LogP contribution in [0.4, 0.5) is 0 Å². The van der Waals surface area contributed by atoms with Gasteiger partial charge >= 0.3 is 0 Å². The molecular weight excluding hydrogens is 162 g/mol. The summed E-state index contributed by atoms with van der Waals surface area (Å²) in [6, 6.07) is 0. The summed E-state index contributed by atoms with van der Waals surface area (Å²) < 4.78 is 0. The van der Waals surface area contributed by atoms with Gasteiger partial charge in [-0.3, -0.25) is 0 Å². The van der Waals surface area contributed by atoms with Gasteiger partial charge in [0.2, 0.25) is 0 Å². The van der Waals surface area contributed by atoms with Gasteiger partial charge in [-0.2, -0.15) is 0 Å². The van der Waals surface area contributed by atoms with Crippen LogP contribution in [-0.2, 0) is 0 Å². The molecule has 0 aromatic rings. The number of hydrogen-bond acceptors (Lipinski definition) is 2. The van der Waals surface area contributed by atoms with E-state index in [0.717, 1.165) is 6.54 Å². The average molecular weight is 185 g/mol. The van der Waals surface area contributed by atoms with Gasteiger partial charge in [0.1, 0.15) is 0 Å². The molecule has 78 valence electrons. The Hall–Kier alpha value is -0.0800. The van der Waals surface area contributed by atoms with Crippen LogP contribution in [0.5, 0.6) is 0 Å². The zero-order valence-corrected chi connectivity index (χ0v) is 9.16. The van der Waals surface area contributed by atoms with Crippen molar-refractivity contribution in [3.63, 3.8) is 0 Å². The van der Waals surface area contributed by atoms with Crippen LogP contribution in [0, 0.1) is 11.8 Å². The molecule has 1 fully saturated rings. The summed E-state index contributed by atoms with van der Waals surface area (Å²) in [5.74, 6) is 1.25. The molecule has 0 saturated heterocycles. The number of hydrogen-bond donors (Lipinski definition) is 1. The number of aliphatic hydroxyl groups is 1. The molecule has 0 aromatic heterocycles. The molecule has 0 radical (unpaired) electrons. The summed E-state index contributed by atoms with van der Waals surface area (Å²) in [4.78, 5) is 2.24. The molecular formula is C11H23NO. The maximum Gasteiger partial charge on any atom is 0.0543 e. The number of nitrogens with zero attached hydrogens (tertiary/aromatic N) is 1. The lowest BCUT2D eigenvalue weighted by molar-refractivity contribution is 0.0505. The fraction of sp³-hybridized carbons (Fsp3) is 1.00. The SMILES string of the molecule is CC(O)C1CCCCC1CN(C)C. The Bertz CT molecular complexity index is 145. The lowest BCUT2D eigenvalue weighted by Crippen LogP contribution is -2.35. The number of aliphatic hydroxyl groups excluding tert-OH is 1. The van der Waals surface area contributed by atoms with Crippen molar-refractivity contribution in [1.29, 1.82) is 0 Å². The Morgan fingerprint density at radius 2 is 1.92 bits per heavy atom. The molecule has 0 aromatic carbocycles. The van der Waals surface area contributed by atoms with Crippen molar-refractivity contribution >= 4 is 0 Å². The topological polar surface area (TPSA) is 23.5 Å². The van der Waals surface area contributed by atoms with E-state index >= 15 is 0 Å². The van der Waals surface area contributed by atoms with Gasteiger partial charge in [0.05, 0.1) is 6.10 Å². The molecule has 0 aliphatic heterocycles. The maximum absolute atomic E-state index is 9.64. The van der Waals surface area contributed by atoms with E-state index in [1.807, 2.05) is 6.92 Å². The first-order chi connectivity index (χ1) is 6.11. The largest absolute Gasteiger partial charge is 0.393 e. The van der Waals surface area contributed by atoms with Gasteiger partial charge < -0.3 is 10.0 Å². The molecule has 0 spiro atoms. The second-order valence-electron chi connectivity index (χ2n) is 4.71. The Labute approximate surface area is 81.9 Å². The van der Waals surface area contributed by atoms with Crippen molar-refractivity contribution in [3.8, 4) is 0 Å². The van der Waals surface area contributed by atoms with Gasteiger partial charge in [0.15, 0.2) is 0 Å². The third-order valence-electron chi connectivity index (χ3n) is 3.19. The highest BCUT2D eigenvalue weighted by atomic mass is 16.3. The average Bonchev–Trinajstić information content (AvgIpc) is 2.03. The number of rotatable bonds is 3. The molecule has 0 amide bonds. The van der Waals surface area contributed by atoms with Crippen LogP contribution < -0.4 is 0 Å². The van der Waals surface area contributed by atoms with E-state index in [1.54, 1.807) is 0 Å². The van der Waals surface area contributed by atoms with Crippen molar-refractivity contribution in [3.05, 3.63) is 0 Å². The van der Waals surface area contributed by atoms with Gasteiger partial charge in [0, 0.05) is 6.54 Å². The van der Waals surface area contributed by atoms with Crippen molar-refractivity contribution in [2.24, 2.45) is 11.8 Å². The molecule has 13 heavy (non-hydrogen) atoms. The van der Waals surface area contributed by atoms with Gasteiger partial charge in [-0.15, -0.1) is 0 Å². The third-order valence-corrected chi connectivity index (χ3v) is 3.19. The van der Waals surface area contributed by atoms with Crippen LogP contribution >= 0.6 is 0 Å². The highest BCUT2D eigenvalue weighted by Gasteiger charge is 2.28. The van der Waals surface area contributed by atoms with E-state index in [9.17, 15) is 5.11 Å². The van der Waals surface area contributed by atoms with Crippen LogP contribution in [0.3, 0.4) is 0 Å². The van der Waals surface area contributed by atoms with Crippen LogP contribution in [-0.4, -0.2) is 36.8 Å². The minimum Gasteiger partial charge on any atom is -0.393 e. The summed E-state index contributed by atoms with van der Waals surface area (Å²) in [7, 11) is 4.24. The second-order valence-corrected chi connectivity index (χ2v) is 4.71. The first-order valence-corrected chi connectivity index (χ1v) is 5.44. The summed E-state index contributed by atoms with van der Waals surface area (Å²) in [6.07, 6.45) is 5.05. The lowest BCUT2D eigenvalue weighted by atomic mass is 9.76. The Balaban J connectivity index is 2.46. The van der Waals surface area contributed by atoms with Crippen LogP contribution in [0.1, 0.15) is 32.6 Å². The Kier molecular flexibility index (Phi) is 4.20. The van der Waals surface area contributed by atoms with Crippen molar-refractivity contribution in [2.45, 2.75) is 38.7 Å². The predicted octanol–water partition coefficient (Wildman–Crippen LogP) is 1.74. The first kappa shape index (κ1) is 11.0. The molecule has 1 aliphatic carbocycles. The molecule has 3 unspecified atom stereocenters. The normalized spacial score (nSPS) is 32.1. The summed E-state index contributed by atoms with van der Waals surface area (Å²) in [5, 5.41) is 9.64. The standard InChI is InChI=1S/C11H23NO/c1-9(13)11-7-5-4-6-10(11)8-12(2)3/h9-11,13H,4-8H2,1-3H3. The summed E-state index contributed by atoms with van der Waals surface area (Å²) in [6.45, 7) is 3.08. The van der Waals surface area contributed by atoms with Gasteiger partial charge in [-0.05, 0) is 45.7 Å². The first-order valence-electron chi connectivity index (χ1n) is 5.44. The molecule has 1 saturated carbocycles. The molecule has 3 atom stereocenters. The quantitative estimate of drug-likeness (QED) is 0.724. The predicted molar refractivity (Wildman–Crippen MR) is 55.7 cm³/mol. The smallest absolute Gasteiger partial charge is 0.0543 e. The summed E-state index contributed by atoms with van der Waals surface area (Å²) in [5.41, 5.74) is 0. The zero-order chi connectivity index (χ0) is 9.84. The fourth-order valence-corrected chi connectivity index (χ4v) is 2.57. The highest BCUT2D eigenvalue weighted by Crippen LogP contribution is 2.32. The van der Waals surface area contributed by atoms with Crippen LogP contribution in [0.25, 0.3) is 0 Å². The van der Waals surface area contributed by atoms with Gasteiger partial charge in [0.25, 0.3) is 0 Å². The third kappa shape index (κ3) is 3.28. The second kappa shape index (κ2) is 4.97. The molecule has 1 aliphatic rings. The van der Waals surface area contributed by atoms with E-state index in [0.29, 0.717) is 11.8 Å². The summed E-state index contributed by atoms with van der Waals surface area (Å²) >= 11 is 0. The van der Waals surface area contributed by atoms with E-state index in [4.69, 9.17) is 0 Å². The Morgan fingerprint density at radius 3 is 2.46 bits per heavy atom. The minimum atomic E-state index is -0.120. The van der Waals surface area contributed by atoms with Crippen molar-refractivity contribution in [1.82, 2.24) is 4.90 Å². The molecule has 2 heteroatoms. The van der Waals surface area contributed by atoms with Gasteiger partial charge in [-0.1, -0.05) is 12.8 Å². The highest BCUT2D eigenvalue weighted by molar-refractivity contribution is 4.80. The molecule has 1 rings (SSSR count). The van der Waals surface area contributed by atoms with Crippen LogP contribution in [0.15, 0.2) is 0 Å². The van der Waals surface area contributed by atoms with Crippen molar-refractivity contribution in [2.75, 3.05) is 20.6 Å².